The number of halogens is 2. The Morgan fingerprint density at radius 1 is 1.39 bits per heavy atom. The average molecular weight is 378 g/mol. The third kappa shape index (κ3) is 2.87. The number of furan rings is 1. The quantitative estimate of drug-likeness (QED) is 0.864. The summed E-state index contributed by atoms with van der Waals surface area (Å²) in [4.78, 5) is 0. The van der Waals surface area contributed by atoms with E-state index in [9.17, 15) is 0 Å². The predicted molar refractivity (Wildman–Crippen MR) is 75.3 cm³/mol. The first-order valence-electron chi connectivity index (χ1n) is 5.59. The molecule has 1 unspecified atom stereocenters. The van der Waals surface area contributed by atoms with Crippen molar-refractivity contribution in [3.63, 3.8) is 0 Å². The third-order valence-electron chi connectivity index (χ3n) is 2.80. The van der Waals surface area contributed by atoms with Gasteiger partial charge in [0.15, 0.2) is 4.67 Å². The van der Waals surface area contributed by atoms with Crippen LogP contribution in [0, 0.1) is 13.8 Å². The van der Waals surface area contributed by atoms with Crippen LogP contribution < -0.4 is 5.32 Å². The number of aromatic nitrogens is 1. The van der Waals surface area contributed by atoms with E-state index in [4.69, 9.17) is 8.94 Å². The minimum atomic E-state index is 0.166. The smallest absolute Gasteiger partial charge is 0.183 e. The fourth-order valence-corrected chi connectivity index (χ4v) is 2.60. The molecule has 2 aromatic heterocycles. The summed E-state index contributed by atoms with van der Waals surface area (Å²) in [5, 5.41) is 7.35. The third-order valence-corrected chi connectivity index (χ3v) is 4.51. The van der Waals surface area contributed by atoms with Crippen molar-refractivity contribution in [1.82, 2.24) is 10.5 Å². The molecule has 1 atom stereocenters. The Labute approximate surface area is 122 Å². The minimum Gasteiger partial charge on any atom is -0.452 e. The van der Waals surface area contributed by atoms with Crippen molar-refractivity contribution in [2.45, 2.75) is 33.4 Å². The molecule has 0 saturated heterocycles. The lowest BCUT2D eigenvalue weighted by Crippen LogP contribution is -2.18. The standard InChI is InChI=1S/C12H14Br2N2O2/c1-6(11-7(2)16-18-8(11)3)15-5-9-4-10(13)12(14)17-9/h4,6,15H,5H2,1-3H3. The highest BCUT2D eigenvalue weighted by atomic mass is 79.9. The van der Waals surface area contributed by atoms with Crippen molar-refractivity contribution in [3.8, 4) is 0 Å². The number of nitrogens with zero attached hydrogens (tertiary/aromatic N) is 1. The first kappa shape index (κ1) is 13.8. The van der Waals surface area contributed by atoms with Crippen molar-refractivity contribution in [1.29, 1.82) is 0 Å². The Morgan fingerprint density at radius 2 is 2.11 bits per heavy atom. The van der Waals surface area contributed by atoms with Crippen LogP contribution in [-0.4, -0.2) is 5.16 Å². The van der Waals surface area contributed by atoms with E-state index >= 15 is 0 Å². The van der Waals surface area contributed by atoms with Crippen LogP contribution in [0.25, 0.3) is 0 Å². The zero-order valence-electron chi connectivity index (χ0n) is 10.4. The zero-order valence-corrected chi connectivity index (χ0v) is 13.6. The Kier molecular flexibility index (Phi) is 4.29. The number of rotatable bonds is 4. The lowest BCUT2D eigenvalue weighted by molar-refractivity contribution is 0.389. The highest BCUT2D eigenvalue weighted by Crippen LogP contribution is 2.27. The van der Waals surface area contributed by atoms with Crippen molar-refractivity contribution >= 4 is 31.9 Å². The molecule has 4 nitrogen and oxygen atoms in total. The van der Waals surface area contributed by atoms with Gasteiger partial charge in [0.2, 0.25) is 0 Å². The molecule has 0 fully saturated rings. The van der Waals surface area contributed by atoms with Gasteiger partial charge in [0.05, 0.1) is 16.7 Å². The Morgan fingerprint density at radius 3 is 2.61 bits per heavy atom. The molecule has 0 bridgehead atoms. The molecule has 0 spiro atoms. The number of hydrogen-bond donors (Lipinski definition) is 1. The zero-order chi connectivity index (χ0) is 13.3. The van der Waals surface area contributed by atoms with Gasteiger partial charge in [-0.15, -0.1) is 0 Å². The topological polar surface area (TPSA) is 51.2 Å². The average Bonchev–Trinajstić information content (AvgIpc) is 2.80. The van der Waals surface area contributed by atoms with Gasteiger partial charge in [-0.2, -0.15) is 0 Å². The maximum atomic E-state index is 5.51. The molecule has 0 aromatic carbocycles. The van der Waals surface area contributed by atoms with E-state index in [2.05, 4.69) is 49.3 Å². The van der Waals surface area contributed by atoms with Crippen LogP contribution in [0.4, 0.5) is 0 Å². The molecule has 0 aliphatic heterocycles. The molecule has 1 N–H and O–H groups in total. The predicted octanol–water partition coefficient (Wildman–Crippen LogP) is 4.26. The lowest BCUT2D eigenvalue weighted by atomic mass is 10.1. The summed E-state index contributed by atoms with van der Waals surface area (Å²) in [5.74, 6) is 1.72. The normalized spacial score (nSPS) is 12.9. The van der Waals surface area contributed by atoms with Gasteiger partial charge in [0.25, 0.3) is 0 Å². The van der Waals surface area contributed by atoms with Crippen LogP contribution in [0.5, 0.6) is 0 Å². The highest BCUT2D eigenvalue weighted by Gasteiger charge is 2.16. The van der Waals surface area contributed by atoms with Crippen LogP contribution >= 0.6 is 31.9 Å². The number of hydrogen-bond acceptors (Lipinski definition) is 4. The Balaban J connectivity index is 2.02. The largest absolute Gasteiger partial charge is 0.452 e. The fourth-order valence-electron chi connectivity index (χ4n) is 1.94. The molecule has 2 aromatic rings. The van der Waals surface area contributed by atoms with E-state index in [1.54, 1.807) is 0 Å². The molecule has 0 aliphatic rings. The molecule has 0 radical (unpaired) electrons. The van der Waals surface area contributed by atoms with Crippen molar-refractivity contribution in [2.75, 3.05) is 0 Å². The van der Waals surface area contributed by atoms with Crippen LogP contribution in [-0.2, 0) is 6.54 Å². The Bertz CT molecular complexity index is 509. The summed E-state index contributed by atoms with van der Waals surface area (Å²) in [6, 6.07) is 2.11. The number of nitrogens with one attached hydrogen (secondary N) is 1. The molecule has 6 heteroatoms. The van der Waals surface area contributed by atoms with E-state index in [1.165, 1.54) is 0 Å². The summed E-state index contributed by atoms with van der Waals surface area (Å²) >= 11 is 6.71. The van der Waals surface area contributed by atoms with Gasteiger partial charge in [-0.1, -0.05) is 5.16 Å². The maximum Gasteiger partial charge on any atom is 0.183 e. The fraction of sp³-hybridized carbons (Fsp3) is 0.417. The summed E-state index contributed by atoms with van der Waals surface area (Å²) in [6.45, 7) is 6.60. The molecule has 2 rings (SSSR count). The molecule has 0 saturated carbocycles. The van der Waals surface area contributed by atoms with Crippen LogP contribution in [0.2, 0.25) is 0 Å². The van der Waals surface area contributed by atoms with Gasteiger partial charge < -0.3 is 14.3 Å². The van der Waals surface area contributed by atoms with E-state index < -0.39 is 0 Å². The van der Waals surface area contributed by atoms with Crippen molar-refractivity contribution in [3.05, 3.63) is 38.0 Å². The molecule has 0 aliphatic carbocycles. The van der Waals surface area contributed by atoms with E-state index in [0.717, 1.165) is 27.3 Å². The molecular formula is C12H14Br2N2O2. The van der Waals surface area contributed by atoms with Gasteiger partial charge in [-0.3, -0.25) is 0 Å². The second kappa shape index (κ2) is 5.59. The lowest BCUT2D eigenvalue weighted by Gasteiger charge is -2.12. The Hall–Kier alpha value is -0.590. The minimum absolute atomic E-state index is 0.166. The van der Waals surface area contributed by atoms with Gasteiger partial charge in [-0.05, 0) is 58.7 Å². The highest BCUT2D eigenvalue weighted by molar-refractivity contribution is 9.13. The van der Waals surface area contributed by atoms with Crippen LogP contribution in [0.1, 0.15) is 35.7 Å². The molecule has 18 heavy (non-hydrogen) atoms. The van der Waals surface area contributed by atoms with Crippen LogP contribution in [0.3, 0.4) is 0 Å². The summed E-state index contributed by atoms with van der Waals surface area (Å²) < 4.78 is 12.3. The molecule has 0 amide bonds. The van der Waals surface area contributed by atoms with Gasteiger partial charge in [-0.25, -0.2) is 0 Å². The SMILES string of the molecule is Cc1noc(C)c1C(C)NCc1cc(Br)c(Br)o1. The monoisotopic (exact) mass is 376 g/mol. The van der Waals surface area contributed by atoms with Gasteiger partial charge >= 0.3 is 0 Å². The second-order valence-electron chi connectivity index (χ2n) is 4.17. The molecule has 98 valence electrons. The van der Waals surface area contributed by atoms with E-state index in [0.29, 0.717) is 11.2 Å². The molecular weight excluding hydrogens is 364 g/mol. The van der Waals surface area contributed by atoms with Gasteiger partial charge in [0.1, 0.15) is 11.5 Å². The summed E-state index contributed by atoms with van der Waals surface area (Å²) in [5.41, 5.74) is 2.04. The molecule has 2 heterocycles. The van der Waals surface area contributed by atoms with Crippen LogP contribution in [0.15, 0.2) is 24.1 Å². The van der Waals surface area contributed by atoms with Crippen molar-refractivity contribution in [2.24, 2.45) is 0 Å². The van der Waals surface area contributed by atoms with Crippen molar-refractivity contribution < 1.29 is 8.94 Å². The maximum absolute atomic E-state index is 5.51. The first-order valence-corrected chi connectivity index (χ1v) is 7.17. The summed E-state index contributed by atoms with van der Waals surface area (Å²) in [6.07, 6.45) is 0. The second-order valence-corrected chi connectivity index (χ2v) is 5.75. The van der Waals surface area contributed by atoms with Gasteiger partial charge in [0, 0.05) is 11.6 Å². The van der Waals surface area contributed by atoms with E-state index in [1.807, 2.05) is 19.9 Å². The summed E-state index contributed by atoms with van der Waals surface area (Å²) in [7, 11) is 0. The number of aryl methyl sites for hydroxylation is 2. The first-order chi connectivity index (χ1) is 8.49. The van der Waals surface area contributed by atoms with E-state index in [-0.39, 0.29) is 6.04 Å².